The average molecular weight is 338 g/mol. The second kappa shape index (κ2) is 5.58. The first-order valence-corrected chi connectivity index (χ1v) is 9.79. The van der Waals surface area contributed by atoms with E-state index in [4.69, 9.17) is 0 Å². The first-order valence-electron chi connectivity index (χ1n) is 9.79. The minimum atomic E-state index is 1.10. The predicted molar refractivity (Wildman–Crippen MR) is 109 cm³/mol. The topological polar surface area (TPSA) is 0 Å². The van der Waals surface area contributed by atoms with E-state index in [1.54, 1.807) is 22.3 Å². The molecule has 3 aromatic rings. The van der Waals surface area contributed by atoms with Crippen molar-refractivity contribution in [2.24, 2.45) is 0 Å². The summed E-state index contributed by atoms with van der Waals surface area (Å²) in [5.74, 6) is 0. The van der Waals surface area contributed by atoms with Gasteiger partial charge in [0.15, 0.2) is 0 Å². The zero-order valence-electron chi connectivity index (χ0n) is 16.3. The van der Waals surface area contributed by atoms with Crippen molar-refractivity contribution in [3.8, 4) is 0 Å². The van der Waals surface area contributed by atoms with E-state index in [2.05, 4.69) is 64.1 Å². The van der Waals surface area contributed by atoms with Gasteiger partial charge < -0.3 is 0 Å². The van der Waals surface area contributed by atoms with E-state index < -0.39 is 0 Å². The van der Waals surface area contributed by atoms with E-state index in [1.165, 1.54) is 44.5 Å². The third-order valence-electron chi connectivity index (χ3n) is 6.68. The van der Waals surface area contributed by atoms with Crippen molar-refractivity contribution in [1.29, 1.82) is 0 Å². The van der Waals surface area contributed by atoms with Crippen LogP contribution in [0.4, 0.5) is 0 Å². The number of hydrogen-bond donors (Lipinski definition) is 0. The van der Waals surface area contributed by atoms with Gasteiger partial charge in [0.05, 0.1) is 0 Å². The van der Waals surface area contributed by atoms with Crippen LogP contribution in [0.5, 0.6) is 0 Å². The maximum absolute atomic E-state index is 2.51. The molecule has 0 nitrogen and oxygen atoms in total. The second-order valence-corrected chi connectivity index (χ2v) is 8.51. The monoisotopic (exact) mass is 338 g/mol. The molecular formula is C26H26. The molecule has 5 rings (SSSR count). The summed E-state index contributed by atoms with van der Waals surface area (Å²) in [5, 5.41) is 0. The molecular weight excluding hydrogens is 312 g/mol. The van der Waals surface area contributed by atoms with Gasteiger partial charge in [-0.2, -0.15) is 0 Å². The Balaban J connectivity index is 1.56. The lowest BCUT2D eigenvalue weighted by Gasteiger charge is -2.27. The first-order chi connectivity index (χ1) is 12.5. The smallest absolute Gasteiger partial charge is 0.00199 e. The van der Waals surface area contributed by atoms with Crippen molar-refractivity contribution in [1.82, 2.24) is 0 Å². The highest BCUT2D eigenvalue weighted by Gasteiger charge is 2.22. The Hall–Kier alpha value is -2.34. The highest BCUT2D eigenvalue weighted by atomic mass is 14.3. The maximum atomic E-state index is 2.51. The van der Waals surface area contributed by atoms with Crippen LogP contribution in [-0.4, -0.2) is 0 Å². The van der Waals surface area contributed by atoms with E-state index in [0.29, 0.717) is 0 Å². The fourth-order valence-corrected chi connectivity index (χ4v) is 4.80. The molecule has 0 unspecified atom stereocenters. The van der Waals surface area contributed by atoms with Crippen LogP contribution in [0.3, 0.4) is 0 Å². The molecule has 2 aliphatic rings. The molecule has 3 aromatic carbocycles. The second-order valence-electron chi connectivity index (χ2n) is 8.51. The zero-order valence-corrected chi connectivity index (χ0v) is 16.3. The van der Waals surface area contributed by atoms with Crippen LogP contribution in [0.1, 0.15) is 66.8 Å². The predicted octanol–water partition coefficient (Wildman–Crippen LogP) is 5.91. The third kappa shape index (κ3) is 2.43. The lowest BCUT2D eigenvalue weighted by atomic mass is 9.78. The molecule has 0 bridgehead atoms. The zero-order chi connectivity index (χ0) is 18.0. The quantitative estimate of drug-likeness (QED) is 0.329. The average Bonchev–Trinajstić information content (AvgIpc) is 2.59. The van der Waals surface area contributed by atoms with Crippen molar-refractivity contribution < 1.29 is 0 Å². The van der Waals surface area contributed by atoms with Gasteiger partial charge in [0.2, 0.25) is 0 Å². The normalized spacial score (nSPS) is 14.3. The molecule has 0 aromatic heterocycles. The number of benzene rings is 3. The van der Waals surface area contributed by atoms with Gasteiger partial charge in [-0.05, 0) is 120 Å². The Labute approximate surface area is 156 Å². The standard InChI is InChI=1S/C26H26/c1-15-5-19-9-23-13-25-11-21-7-17(3)18(4)8-22(21)12-26(25)14-24(23)10-20(19)6-16(15)2/h5-8,13-14H,9-12H2,1-4H3. The van der Waals surface area contributed by atoms with Gasteiger partial charge in [-0.15, -0.1) is 0 Å². The molecule has 0 saturated heterocycles. The van der Waals surface area contributed by atoms with E-state index in [1.807, 2.05) is 0 Å². The summed E-state index contributed by atoms with van der Waals surface area (Å²) >= 11 is 0. The number of hydrogen-bond acceptors (Lipinski definition) is 0. The van der Waals surface area contributed by atoms with Crippen molar-refractivity contribution in [3.05, 3.63) is 103 Å². The van der Waals surface area contributed by atoms with Crippen LogP contribution in [-0.2, 0) is 25.7 Å². The maximum Gasteiger partial charge on any atom is -0.00199 e. The SMILES string of the molecule is Cc1cc2c(cc1C)Cc1cc3c(cc1C2)Cc1cc(C)c(C)cc1C3. The number of aryl methyl sites for hydroxylation is 4. The van der Waals surface area contributed by atoms with Gasteiger partial charge in [0.25, 0.3) is 0 Å². The molecule has 130 valence electrons. The lowest BCUT2D eigenvalue weighted by molar-refractivity contribution is 0.938. The van der Waals surface area contributed by atoms with Crippen molar-refractivity contribution in [2.45, 2.75) is 53.4 Å². The van der Waals surface area contributed by atoms with Gasteiger partial charge in [-0.25, -0.2) is 0 Å². The molecule has 0 amide bonds. The summed E-state index contributed by atoms with van der Waals surface area (Å²) in [5.41, 5.74) is 18.0. The van der Waals surface area contributed by atoms with E-state index in [0.717, 1.165) is 25.7 Å². The first kappa shape index (κ1) is 15.9. The van der Waals surface area contributed by atoms with Gasteiger partial charge >= 0.3 is 0 Å². The molecule has 0 heterocycles. The summed E-state index contributed by atoms with van der Waals surface area (Å²) in [6.45, 7) is 8.94. The molecule has 0 heteroatoms. The fourth-order valence-electron chi connectivity index (χ4n) is 4.80. The largest absolute Gasteiger partial charge is 0.0552 e. The lowest BCUT2D eigenvalue weighted by Crippen LogP contribution is -2.14. The fraction of sp³-hybridized carbons (Fsp3) is 0.308. The Bertz CT molecular complexity index is 898. The summed E-state index contributed by atoms with van der Waals surface area (Å²) in [7, 11) is 0. The highest BCUT2D eigenvalue weighted by molar-refractivity contribution is 5.55. The van der Waals surface area contributed by atoms with Gasteiger partial charge in [-0.3, -0.25) is 0 Å². The van der Waals surface area contributed by atoms with Crippen LogP contribution in [0.2, 0.25) is 0 Å². The Morgan fingerprint density at radius 1 is 0.346 bits per heavy atom. The van der Waals surface area contributed by atoms with Crippen molar-refractivity contribution in [2.75, 3.05) is 0 Å². The summed E-state index contributed by atoms with van der Waals surface area (Å²) in [6, 6.07) is 14.7. The summed E-state index contributed by atoms with van der Waals surface area (Å²) in [6.07, 6.45) is 4.38. The van der Waals surface area contributed by atoms with E-state index in [9.17, 15) is 0 Å². The van der Waals surface area contributed by atoms with E-state index >= 15 is 0 Å². The van der Waals surface area contributed by atoms with Crippen molar-refractivity contribution in [3.63, 3.8) is 0 Å². The third-order valence-corrected chi connectivity index (χ3v) is 6.68. The van der Waals surface area contributed by atoms with Crippen LogP contribution in [0.15, 0.2) is 36.4 Å². The molecule has 0 spiro atoms. The minimum Gasteiger partial charge on any atom is -0.0552 e. The minimum absolute atomic E-state index is 1.10. The highest BCUT2D eigenvalue weighted by Crippen LogP contribution is 2.35. The molecule has 0 radical (unpaired) electrons. The molecule has 2 aliphatic carbocycles. The molecule has 26 heavy (non-hydrogen) atoms. The summed E-state index contributed by atoms with van der Waals surface area (Å²) in [4.78, 5) is 0. The number of rotatable bonds is 0. The van der Waals surface area contributed by atoms with Gasteiger partial charge in [-0.1, -0.05) is 36.4 Å². The van der Waals surface area contributed by atoms with Crippen LogP contribution >= 0.6 is 0 Å². The van der Waals surface area contributed by atoms with Gasteiger partial charge in [0.1, 0.15) is 0 Å². The Morgan fingerprint density at radius 3 is 0.769 bits per heavy atom. The molecule has 0 N–H and O–H groups in total. The summed E-state index contributed by atoms with van der Waals surface area (Å²) < 4.78 is 0. The van der Waals surface area contributed by atoms with Crippen LogP contribution < -0.4 is 0 Å². The molecule has 0 saturated carbocycles. The molecule has 0 fully saturated rings. The van der Waals surface area contributed by atoms with Crippen LogP contribution in [0.25, 0.3) is 0 Å². The Morgan fingerprint density at radius 2 is 0.538 bits per heavy atom. The van der Waals surface area contributed by atoms with Gasteiger partial charge in [0, 0.05) is 0 Å². The van der Waals surface area contributed by atoms with Crippen LogP contribution in [0, 0.1) is 27.7 Å². The molecule has 0 atom stereocenters. The Kier molecular flexibility index (Phi) is 3.41. The number of fused-ring (bicyclic) bond motifs is 4. The van der Waals surface area contributed by atoms with Crippen molar-refractivity contribution >= 4 is 0 Å². The van der Waals surface area contributed by atoms with E-state index in [-0.39, 0.29) is 0 Å². The molecule has 0 aliphatic heterocycles.